The van der Waals surface area contributed by atoms with Crippen LogP contribution < -0.4 is 5.32 Å². The number of nitrogens with zero attached hydrogens (tertiary/aromatic N) is 2. The number of benzene rings is 1. The maximum Gasteiger partial charge on any atom is 0.225 e. The molecule has 1 aromatic carbocycles. The van der Waals surface area contributed by atoms with Gasteiger partial charge in [-0.1, -0.05) is 30.3 Å². The van der Waals surface area contributed by atoms with Crippen LogP contribution in [0.3, 0.4) is 0 Å². The Balaban J connectivity index is 0.00000182. The quantitative estimate of drug-likeness (QED) is 0.772. The van der Waals surface area contributed by atoms with Crippen LogP contribution >= 0.6 is 24.8 Å². The fourth-order valence-corrected chi connectivity index (χ4v) is 3.89. The average Bonchev–Trinajstić information content (AvgIpc) is 2.64. The molecule has 27 heavy (non-hydrogen) atoms. The molecule has 7 heteroatoms. The highest BCUT2D eigenvalue weighted by Gasteiger charge is 2.27. The number of amides is 1. The molecule has 0 aliphatic carbocycles. The molecule has 0 saturated carbocycles. The topological polar surface area (TPSA) is 44.8 Å². The summed E-state index contributed by atoms with van der Waals surface area (Å²) in [5.74, 6) is 0.968. The van der Waals surface area contributed by atoms with Gasteiger partial charge < -0.3 is 15.0 Å². The van der Waals surface area contributed by atoms with Gasteiger partial charge in [-0.2, -0.15) is 0 Å². The van der Waals surface area contributed by atoms with Crippen LogP contribution in [0.4, 0.5) is 0 Å². The number of morpholine rings is 1. The van der Waals surface area contributed by atoms with Gasteiger partial charge in [0.05, 0.1) is 19.1 Å². The SMILES string of the molecule is CNCC1CCN(C(=O)CC2CN(Cc3ccccc3)CCO2)CC1.Cl.Cl. The molecular weight excluding hydrogens is 385 g/mol. The summed E-state index contributed by atoms with van der Waals surface area (Å²) < 4.78 is 5.87. The number of nitrogens with one attached hydrogen (secondary N) is 1. The number of hydrogen-bond acceptors (Lipinski definition) is 4. The Morgan fingerprint density at radius 3 is 2.52 bits per heavy atom. The maximum atomic E-state index is 12.6. The van der Waals surface area contributed by atoms with Crippen molar-refractivity contribution in [2.24, 2.45) is 5.92 Å². The molecule has 0 bridgehead atoms. The zero-order valence-electron chi connectivity index (χ0n) is 16.1. The molecule has 2 saturated heterocycles. The second kappa shape index (κ2) is 12.6. The van der Waals surface area contributed by atoms with Crippen molar-refractivity contribution in [3.05, 3.63) is 35.9 Å². The van der Waals surface area contributed by atoms with E-state index in [0.717, 1.165) is 58.7 Å². The van der Waals surface area contributed by atoms with Crippen molar-refractivity contribution in [2.75, 3.05) is 46.4 Å². The molecule has 1 aromatic rings. The lowest BCUT2D eigenvalue weighted by Gasteiger charge is -2.35. The van der Waals surface area contributed by atoms with E-state index < -0.39 is 0 Å². The van der Waals surface area contributed by atoms with E-state index in [2.05, 4.69) is 34.5 Å². The lowest BCUT2D eigenvalue weighted by Crippen LogP contribution is -2.46. The van der Waals surface area contributed by atoms with Crippen molar-refractivity contribution in [3.8, 4) is 0 Å². The van der Waals surface area contributed by atoms with E-state index in [1.165, 1.54) is 5.56 Å². The van der Waals surface area contributed by atoms with E-state index in [-0.39, 0.29) is 36.8 Å². The minimum atomic E-state index is 0. The number of carbonyl (C=O) groups is 1. The molecule has 1 amide bonds. The maximum absolute atomic E-state index is 12.6. The van der Waals surface area contributed by atoms with Gasteiger partial charge in [-0.3, -0.25) is 9.69 Å². The monoisotopic (exact) mass is 417 g/mol. The lowest BCUT2D eigenvalue weighted by atomic mass is 9.96. The zero-order chi connectivity index (χ0) is 17.5. The number of piperidine rings is 1. The second-order valence-corrected chi connectivity index (χ2v) is 7.30. The Morgan fingerprint density at radius 2 is 1.85 bits per heavy atom. The van der Waals surface area contributed by atoms with Gasteiger partial charge in [0.1, 0.15) is 0 Å². The summed E-state index contributed by atoms with van der Waals surface area (Å²) in [6.45, 7) is 6.28. The molecule has 2 aliphatic rings. The molecule has 0 radical (unpaired) electrons. The van der Waals surface area contributed by atoms with E-state index in [4.69, 9.17) is 4.74 Å². The number of likely N-dealkylation sites (tertiary alicyclic amines) is 1. The third-order valence-corrected chi connectivity index (χ3v) is 5.33. The summed E-state index contributed by atoms with van der Waals surface area (Å²) in [5, 5.41) is 3.24. The summed E-state index contributed by atoms with van der Waals surface area (Å²) >= 11 is 0. The largest absolute Gasteiger partial charge is 0.375 e. The van der Waals surface area contributed by atoms with Crippen LogP contribution in [-0.4, -0.2) is 68.2 Å². The Morgan fingerprint density at radius 1 is 1.15 bits per heavy atom. The Hall–Kier alpha value is -0.850. The van der Waals surface area contributed by atoms with Crippen LogP contribution in [0.1, 0.15) is 24.8 Å². The second-order valence-electron chi connectivity index (χ2n) is 7.30. The van der Waals surface area contributed by atoms with Gasteiger partial charge in [0.2, 0.25) is 5.91 Å². The van der Waals surface area contributed by atoms with Gasteiger partial charge >= 0.3 is 0 Å². The van der Waals surface area contributed by atoms with Crippen molar-refractivity contribution in [1.29, 1.82) is 0 Å². The Bertz CT molecular complexity index is 539. The van der Waals surface area contributed by atoms with Crippen molar-refractivity contribution in [2.45, 2.75) is 31.9 Å². The van der Waals surface area contributed by atoms with Crippen LogP contribution in [0, 0.1) is 5.92 Å². The van der Waals surface area contributed by atoms with Crippen molar-refractivity contribution in [1.82, 2.24) is 15.1 Å². The lowest BCUT2D eigenvalue weighted by molar-refractivity contribution is -0.137. The van der Waals surface area contributed by atoms with E-state index in [1.54, 1.807) is 0 Å². The third-order valence-electron chi connectivity index (χ3n) is 5.33. The Kier molecular flexibility index (Phi) is 11.3. The van der Waals surface area contributed by atoms with E-state index in [9.17, 15) is 4.79 Å². The highest BCUT2D eigenvalue weighted by atomic mass is 35.5. The molecule has 154 valence electrons. The van der Waals surface area contributed by atoms with Gasteiger partial charge in [0.15, 0.2) is 0 Å². The normalized spacial score (nSPS) is 21.2. The molecule has 5 nitrogen and oxygen atoms in total. The average molecular weight is 418 g/mol. The summed E-state index contributed by atoms with van der Waals surface area (Å²) in [7, 11) is 2.00. The van der Waals surface area contributed by atoms with Gasteiger partial charge in [0, 0.05) is 32.7 Å². The first kappa shape index (κ1) is 24.2. The molecule has 3 rings (SSSR count). The van der Waals surface area contributed by atoms with Crippen molar-refractivity contribution in [3.63, 3.8) is 0 Å². The van der Waals surface area contributed by atoms with Crippen LogP contribution in [0.5, 0.6) is 0 Å². The Labute approximate surface area is 175 Å². The summed E-state index contributed by atoms with van der Waals surface area (Å²) in [5.41, 5.74) is 1.32. The van der Waals surface area contributed by atoms with Crippen molar-refractivity contribution >= 4 is 30.7 Å². The van der Waals surface area contributed by atoms with Gasteiger partial charge in [-0.15, -0.1) is 24.8 Å². The van der Waals surface area contributed by atoms with Gasteiger partial charge in [0.25, 0.3) is 0 Å². The van der Waals surface area contributed by atoms with Crippen LogP contribution in [-0.2, 0) is 16.1 Å². The predicted molar refractivity (Wildman–Crippen MR) is 114 cm³/mol. The van der Waals surface area contributed by atoms with Crippen LogP contribution in [0.15, 0.2) is 30.3 Å². The molecule has 1 atom stereocenters. The number of hydrogen-bond donors (Lipinski definition) is 1. The highest BCUT2D eigenvalue weighted by molar-refractivity contribution is 5.85. The number of ether oxygens (including phenoxy) is 1. The van der Waals surface area contributed by atoms with Gasteiger partial charge in [-0.25, -0.2) is 0 Å². The zero-order valence-corrected chi connectivity index (χ0v) is 17.8. The third kappa shape index (κ3) is 7.59. The first-order valence-electron chi connectivity index (χ1n) is 9.55. The van der Waals surface area contributed by atoms with Gasteiger partial charge in [-0.05, 0) is 37.9 Å². The number of halogens is 2. The van der Waals surface area contributed by atoms with Crippen LogP contribution in [0.25, 0.3) is 0 Å². The summed E-state index contributed by atoms with van der Waals surface area (Å²) in [6, 6.07) is 10.5. The van der Waals surface area contributed by atoms with Crippen molar-refractivity contribution < 1.29 is 9.53 Å². The molecule has 2 aliphatic heterocycles. The van der Waals surface area contributed by atoms with E-state index >= 15 is 0 Å². The van der Waals surface area contributed by atoms with Crippen LogP contribution in [0.2, 0.25) is 0 Å². The summed E-state index contributed by atoms with van der Waals surface area (Å²) in [6.07, 6.45) is 2.76. The molecule has 0 aromatic heterocycles. The molecule has 1 unspecified atom stereocenters. The molecular formula is C20H33Cl2N3O2. The molecule has 2 fully saturated rings. The molecule has 0 spiro atoms. The first-order chi connectivity index (χ1) is 12.2. The standard InChI is InChI=1S/C20H31N3O2.2ClH/c1-21-14-17-7-9-23(10-8-17)20(24)13-19-16-22(11-12-25-19)15-18-5-3-2-4-6-18;;/h2-6,17,19,21H,7-16H2,1H3;2*1H. The number of rotatable bonds is 6. The molecule has 1 N–H and O–H groups in total. The fourth-order valence-electron chi connectivity index (χ4n) is 3.89. The van der Waals surface area contributed by atoms with E-state index in [1.807, 2.05) is 18.0 Å². The minimum Gasteiger partial charge on any atom is -0.375 e. The fraction of sp³-hybridized carbons (Fsp3) is 0.650. The van der Waals surface area contributed by atoms with E-state index in [0.29, 0.717) is 12.3 Å². The number of carbonyl (C=O) groups excluding carboxylic acids is 1. The molecule has 2 heterocycles. The predicted octanol–water partition coefficient (Wildman–Crippen LogP) is 2.58. The first-order valence-corrected chi connectivity index (χ1v) is 9.55. The smallest absolute Gasteiger partial charge is 0.225 e. The summed E-state index contributed by atoms with van der Waals surface area (Å²) in [4.78, 5) is 17.0. The minimum absolute atomic E-state index is 0. The highest BCUT2D eigenvalue weighted by Crippen LogP contribution is 2.19.